The SMILES string of the molecule is CSc1cc(NC2(CCl)CCOCC2)ncn1. The van der Waals surface area contributed by atoms with E-state index in [0.717, 1.165) is 36.9 Å². The molecule has 2 rings (SSSR count). The first kappa shape index (κ1) is 12.9. The summed E-state index contributed by atoms with van der Waals surface area (Å²) in [4.78, 5) is 8.39. The molecule has 2 heterocycles. The van der Waals surface area contributed by atoms with E-state index in [1.807, 2.05) is 12.3 Å². The summed E-state index contributed by atoms with van der Waals surface area (Å²) in [5.41, 5.74) is -0.0934. The molecule has 1 aromatic rings. The lowest BCUT2D eigenvalue weighted by Crippen LogP contribution is -2.45. The van der Waals surface area contributed by atoms with Gasteiger partial charge in [0.1, 0.15) is 17.2 Å². The third-order valence-corrected chi connectivity index (χ3v) is 4.10. The van der Waals surface area contributed by atoms with E-state index >= 15 is 0 Å². The van der Waals surface area contributed by atoms with Gasteiger partial charge in [0, 0.05) is 25.2 Å². The van der Waals surface area contributed by atoms with Gasteiger partial charge in [-0.3, -0.25) is 0 Å². The van der Waals surface area contributed by atoms with E-state index in [0.29, 0.717) is 5.88 Å². The lowest BCUT2D eigenvalue weighted by Gasteiger charge is -2.36. The minimum absolute atomic E-state index is 0.0934. The van der Waals surface area contributed by atoms with Crippen LogP contribution in [0, 0.1) is 0 Å². The molecule has 1 fully saturated rings. The highest BCUT2D eigenvalue weighted by atomic mass is 35.5. The Kier molecular flexibility index (Phi) is 4.48. The number of rotatable bonds is 4. The Morgan fingerprint density at radius 3 is 2.88 bits per heavy atom. The third-order valence-electron chi connectivity index (χ3n) is 2.95. The zero-order valence-electron chi connectivity index (χ0n) is 9.78. The van der Waals surface area contributed by atoms with Gasteiger partial charge < -0.3 is 10.1 Å². The summed E-state index contributed by atoms with van der Waals surface area (Å²) in [6.45, 7) is 1.50. The van der Waals surface area contributed by atoms with Crippen molar-refractivity contribution < 1.29 is 4.74 Å². The molecule has 1 aliphatic heterocycles. The van der Waals surface area contributed by atoms with Gasteiger partial charge in [-0.05, 0) is 19.1 Å². The van der Waals surface area contributed by atoms with Crippen LogP contribution in [0.4, 0.5) is 5.82 Å². The van der Waals surface area contributed by atoms with Crippen LogP contribution in [-0.4, -0.2) is 40.9 Å². The summed E-state index contributed by atoms with van der Waals surface area (Å²) in [6, 6.07) is 1.95. The van der Waals surface area contributed by atoms with Crippen molar-refractivity contribution in [3.05, 3.63) is 12.4 Å². The average Bonchev–Trinajstić information content (AvgIpc) is 2.40. The van der Waals surface area contributed by atoms with Gasteiger partial charge in [0.05, 0.1) is 5.54 Å². The Labute approximate surface area is 111 Å². The van der Waals surface area contributed by atoms with E-state index in [2.05, 4.69) is 15.3 Å². The number of hydrogen-bond donors (Lipinski definition) is 1. The molecule has 1 aromatic heterocycles. The Balaban J connectivity index is 2.11. The number of ether oxygens (including phenoxy) is 1. The molecule has 0 aromatic carbocycles. The molecule has 0 spiro atoms. The molecule has 1 aliphatic rings. The number of thioether (sulfide) groups is 1. The first-order valence-electron chi connectivity index (χ1n) is 5.56. The van der Waals surface area contributed by atoms with Gasteiger partial charge in [-0.25, -0.2) is 9.97 Å². The monoisotopic (exact) mass is 273 g/mol. The zero-order valence-corrected chi connectivity index (χ0v) is 11.4. The third kappa shape index (κ3) is 3.24. The van der Waals surface area contributed by atoms with Crippen molar-refractivity contribution in [2.75, 3.05) is 30.7 Å². The zero-order chi connectivity index (χ0) is 12.1. The molecule has 0 aliphatic carbocycles. The Hall–Kier alpha value is -0.520. The molecule has 1 saturated heterocycles. The number of anilines is 1. The second kappa shape index (κ2) is 5.89. The van der Waals surface area contributed by atoms with E-state index in [1.54, 1.807) is 18.1 Å². The van der Waals surface area contributed by atoms with Crippen LogP contribution in [0.15, 0.2) is 17.4 Å². The highest BCUT2D eigenvalue weighted by Gasteiger charge is 2.31. The molecule has 6 heteroatoms. The number of nitrogens with zero attached hydrogens (tertiary/aromatic N) is 2. The summed E-state index contributed by atoms with van der Waals surface area (Å²) >= 11 is 7.70. The number of alkyl halides is 1. The van der Waals surface area contributed by atoms with Gasteiger partial charge in [-0.15, -0.1) is 23.4 Å². The fourth-order valence-electron chi connectivity index (χ4n) is 1.85. The minimum atomic E-state index is -0.0934. The molecule has 0 atom stereocenters. The van der Waals surface area contributed by atoms with Crippen LogP contribution in [0.25, 0.3) is 0 Å². The molecule has 0 amide bonds. The molecular formula is C11H16ClN3OS. The molecule has 0 bridgehead atoms. The van der Waals surface area contributed by atoms with Crippen LogP contribution in [0.3, 0.4) is 0 Å². The predicted molar refractivity (Wildman–Crippen MR) is 70.9 cm³/mol. The van der Waals surface area contributed by atoms with E-state index < -0.39 is 0 Å². The van der Waals surface area contributed by atoms with Crippen LogP contribution in [0.5, 0.6) is 0 Å². The van der Waals surface area contributed by atoms with Gasteiger partial charge in [0.15, 0.2) is 0 Å². The Morgan fingerprint density at radius 2 is 2.24 bits per heavy atom. The van der Waals surface area contributed by atoms with Gasteiger partial charge in [-0.2, -0.15) is 0 Å². The molecule has 17 heavy (non-hydrogen) atoms. The van der Waals surface area contributed by atoms with Crippen LogP contribution < -0.4 is 5.32 Å². The Bertz CT molecular complexity index is 371. The molecule has 0 unspecified atom stereocenters. The number of nitrogens with one attached hydrogen (secondary N) is 1. The Morgan fingerprint density at radius 1 is 1.47 bits per heavy atom. The fraction of sp³-hybridized carbons (Fsp3) is 0.636. The second-order valence-corrected chi connectivity index (χ2v) is 5.19. The van der Waals surface area contributed by atoms with E-state index in [1.165, 1.54) is 0 Å². The smallest absolute Gasteiger partial charge is 0.130 e. The maximum Gasteiger partial charge on any atom is 0.130 e. The van der Waals surface area contributed by atoms with Crippen LogP contribution in [0.1, 0.15) is 12.8 Å². The normalized spacial score (nSPS) is 18.9. The first-order valence-corrected chi connectivity index (χ1v) is 7.32. The van der Waals surface area contributed by atoms with Crippen molar-refractivity contribution in [3.63, 3.8) is 0 Å². The fourth-order valence-corrected chi connectivity index (χ4v) is 2.56. The molecule has 94 valence electrons. The molecular weight excluding hydrogens is 258 g/mol. The summed E-state index contributed by atoms with van der Waals surface area (Å²) in [6.07, 6.45) is 5.40. The maximum atomic E-state index is 6.09. The van der Waals surface area contributed by atoms with E-state index in [9.17, 15) is 0 Å². The van der Waals surface area contributed by atoms with Crippen molar-refractivity contribution in [3.8, 4) is 0 Å². The lowest BCUT2D eigenvalue weighted by molar-refractivity contribution is 0.0666. The first-order chi connectivity index (χ1) is 8.28. The minimum Gasteiger partial charge on any atom is -0.381 e. The van der Waals surface area contributed by atoms with Crippen molar-refractivity contribution >= 4 is 29.2 Å². The number of aromatic nitrogens is 2. The van der Waals surface area contributed by atoms with Gasteiger partial charge in [-0.1, -0.05) is 0 Å². The van der Waals surface area contributed by atoms with Gasteiger partial charge in [0.2, 0.25) is 0 Å². The highest BCUT2D eigenvalue weighted by Crippen LogP contribution is 2.27. The predicted octanol–water partition coefficient (Wildman–Crippen LogP) is 2.40. The number of hydrogen-bond acceptors (Lipinski definition) is 5. The second-order valence-electron chi connectivity index (χ2n) is 4.10. The van der Waals surface area contributed by atoms with E-state index in [-0.39, 0.29) is 5.54 Å². The van der Waals surface area contributed by atoms with Crippen LogP contribution in [-0.2, 0) is 4.74 Å². The van der Waals surface area contributed by atoms with Gasteiger partial charge >= 0.3 is 0 Å². The molecule has 1 N–H and O–H groups in total. The van der Waals surface area contributed by atoms with Crippen LogP contribution in [0.2, 0.25) is 0 Å². The number of halogens is 1. The topological polar surface area (TPSA) is 47.0 Å². The highest BCUT2D eigenvalue weighted by molar-refractivity contribution is 7.98. The van der Waals surface area contributed by atoms with Crippen molar-refractivity contribution in [2.24, 2.45) is 0 Å². The maximum absolute atomic E-state index is 6.09. The summed E-state index contributed by atoms with van der Waals surface area (Å²) in [5.74, 6) is 1.40. The molecule has 4 nitrogen and oxygen atoms in total. The van der Waals surface area contributed by atoms with Crippen molar-refractivity contribution in [1.29, 1.82) is 0 Å². The molecule has 0 saturated carbocycles. The van der Waals surface area contributed by atoms with Crippen LogP contribution >= 0.6 is 23.4 Å². The average molecular weight is 274 g/mol. The lowest BCUT2D eigenvalue weighted by atomic mass is 9.92. The summed E-state index contributed by atoms with van der Waals surface area (Å²) in [7, 11) is 0. The van der Waals surface area contributed by atoms with Crippen molar-refractivity contribution in [1.82, 2.24) is 9.97 Å². The van der Waals surface area contributed by atoms with Gasteiger partial charge in [0.25, 0.3) is 0 Å². The van der Waals surface area contributed by atoms with E-state index in [4.69, 9.17) is 16.3 Å². The summed E-state index contributed by atoms with van der Waals surface area (Å²) < 4.78 is 5.37. The summed E-state index contributed by atoms with van der Waals surface area (Å²) in [5, 5.41) is 4.40. The quantitative estimate of drug-likeness (QED) is 0.519. The molecule has 0 radical (unpaired) electrons. The standard InChI is InChI=1S/C11H16ClN3OS/c1-17-10-6-9(13-8-14-10)15-11(7-12)2-4-16-5-3-11/h6,8H,2-5,7H2,1H3,(H,13,14,15). The van der Waals surface area contributed by atoms with Crippen molar-refractivity contribution in [2.45, 2.75) is 23.4 Å². The largest absolute Gasteiger partial charge is 0.381 e.